The molecule has 0 amide bonds. The molecule has 0 aliphatic rings. The fourth-order valence-corrected chi connectivity index (χ4v) is 2.14. The molecule has 1 N–H and O–H groups in total. The lowest BCUT2D eigenvalue weighted by Gasteiger charge is -2.12. The Kier molecular flexibility index (Phi) is 5.01. The Labute approximate surface area is 134 Å². The molecule has 6 heteroatoms. The van der Waals surface area contributed by atoms with Crippen LogP contribution in [0.2, 0.25) is 0 Å². The third kappa shape index (κ3) is 3.04. The van der Waals surface area contributed by atoms with E-state index in [-0.39, 0.29) is 12.4 Å². The van der Waals surface area contributed by atoms with Crippen LogP contribution in [0.25, 0.3) is 10.9 Å². The maximum Gasteiger partial charge on any atom is 0.162 e. The molecule has 2 aromatic carbocycles. The SMILES string of the molecule is COc1cc2ncnc(Nc3ccccc3)c2cc1OC.Cl. The second kappa shape index (κ2) is 6.95. The molecule has 0 radical (unpaired) electrons. The smallest absolute Gasteiger partial charge is 0.162 e. The number of nitrogens with one attached hydrogen (secondary N) is 1. The summed E-state index contributed by atoms with van der Waals surface area (Å²) in [7, 11) is 3.21. The van der Waals surface area contributed by atoms with Crippen molar-refractivity contribution in [2.24, 2.45) is 0 Å². The summed E-state index contributed by atoms with van der Waals surface area (Å²) in [5.41, 5.74) is 1.76. The molecule has 0 unspecified atom stereocenters. The van der Waals surface area contributed by atoms with Crippen molar-refractivity contribution < 1.29 is 9.47 Å². The molecule has 3 aromatic rings. The molecule has 3 rings (SSSR count). The summed E-state index contributed by atoms with van der Waals surface area (Å²) in [5.74, 6) is 2.03. The Hall–Kier alpha value is -2.53. The molecule has 0 bridgehead atoms. The van der Waals surface area contributed by atoms with Gasteiger partial charge >= 0.3 is 0 Å². The predicted molar refractivity (Wildman–Crippen MR) is 89.6 cm³/mol. The summed E-state index contributed by atoms with van der Waals surface area (Å²) in [6.45, 7) is 0. The van der Waals surface area contributed by atoms with Crippen molar-refractivity contribution in [3.05, 3.63) is 48.8 Å². The maximum atomic E-state index is 5.34. The Morgan fingerprint density at radius 2 is 1.59 bits per heavy atom. The third-order valence-electron chi connectivity index (χ3n) is 3.18. The first-order chi connectivity index (χ1) is 10.3. The van der Waals surface area contributed by atoms with Crippen LogP contribution in [0.4, 0.5) is 11.5 Å². The van der Waals surface area contributed by atoms with Gasteiger partial charge in [-0.1, -0.05) is 18.2 Å². The number of para-hydroxylation sites is 1. The minimum atomic E-state index is 0. The fourth-order valence-electron chi connectivity index (χ4n) is 2.14. The van der Waals surface area contributed by atoms with Crippen LogP contribution in [0.1, 0.15) is 0 Å². The summed E-state index contributed by atoms with van der Waals surface area (Å²) >= 11 is 0. The van der Waals surface area contributed by atoms with Gasteiger partial charge in [-0.25, -0.2) is 9.97 Å². The highest BCUT2D eigenvalue weighted by atomic mass is 35.5. The van der Waals surface area contributed by atoms with Gasteiger partial charge in [0.25, 0.3) is 0 Å². The van der Waals surface area contributed by atoms with Crippen molar-refractivity contribution >= 4 is 34.8 Å². The van der Waals surface area contributed by atoms with E-state index in [1.54, 1.807) is 14.2 Å². The normalized spacial score (nSPS) is 9.91. The van der Waals surface area contributed by atoms with Crippen molar-refractivity contribution in [1.82, 2.24) is 9.97 Å². The molecule has 0 atom stereocenters. The van der Waals surface area contributed by atoms with Gasteiger partial charge in [-0.15, -0.1) is 12.4 Å². The minimum absolute atomic E-state index is 0. The van der Waals surface area contributed by atoms with Crippen LogP contribution in [0.3, 0.4) is 0 Å². The van der Waals surface area contributed by atoms with Crippen molar-refractivity contribution in [3.8, 4) is 11.5 Å². The number of anilines is 2. The molecular weight excluding hydrogens is 302 g/mol. The van der Waals surface area contributed by atoms with E-state index in [0.717, 1.165) is 22.4 Å². The number of rotatable bonds is 4. The van der Waals surface area contributed by atoms with E-state index < -0.39 is 0 Å². The van der Waals surface area contributed by atoms with E-state index in [2.05, 4.69) is 15.3 Å². The molecule has 0 aliphatic carbocycles. The lowest BCUT2D eigenvalue weighted by molar-refractivity contribution is 0.356. The van der Waals surface area contributed by atoms with E-state index >= 15 is 0 Å². The van der Waals surface area contributed by atoms with Gasteiger partial charge < -0.3 is 14.8 Å². The average Bonchev–Trinajstić information content (AvgIpc) is 2.55. The Morgan fingerprint density at radius 3 is 2.27 bits per heavy atom. The molecule has 0 saturated carbocycles. The average molecular weight is 318 g/mol. The molecule has 5 nitrogen and oxygen atoms in total. The number of ether oxygens (including phenoxy) is 2. The van der Waals surface area contributed by atoms with Crippen molar-refractivity contribution in [3.63, 3.8) is 0 Å². The monoisotopic (exact) mass is 317 g/mol. The van der Waals surface area contributed by atoms with Crippen LogP contribution < -0.4 is 14.8 Å². The van der Waals surface area contributed by atoms with E-state index in [1.165, 1.54) is 6.33 Å². The first kappa shape index (κ1) is 15.9. The third-order valence-corrected chi connectivity index (χ3v) is 3.18. The van der Waals surface area contributed by atoms with E-state index in [1.807, 2.05) is 42.5 Å². The van der Waals surface area contributed by atoms with Gasteiger partial charge in [-0.05, 0) is 18.2 Å². The lowest BCUT2D eigenvalue weighted by Crippen LogP contribution is -1.97. The second-order valence-corrected chi connectivity index (χ2v) is 4.44. The molecule has 1 heterocycles. The van der Waals surface area contributed by atoms with Gasteiger partial charge in [-0.3, -0.25) is 0 Å². The van der Waals surface area contributed by atoms with Gasteiger partial charge in [0.2, 0.25) is 0 Å². The minimum Gasteiger partial charge on any atom is -0.493 e. The molecular formula is C16H16ClN3O2. The highest BCUT2D eigenvalue weighted by molar-refractivity contribution is 5.93. The highest BCUT2D eigenvalue weighted by Gasteiger charge is 2.10. The number of fused-ring (bicyclic) bond motifs is 1. The van der Waals surface area contributed by atoms with Crippen LogP contribution in [-0.4, -0.2) is 24.2 Å². The molecule has 114 valence electrons. The number of aromatic nitrogens is 2. The number of hydrogen-bond acceptors (Lipinski definition) is 5. The lowest BCUT2D eigenvalue weighted by atomic mass is 10.2. The molecule has 1 aromatic heterocycles. The molecule has 22 heavy (non-hydrogen) atoms. The standard InChI is InChI=1S/C16H15N3O2.ClH/c1-20-14-8-12-13(9-15(14)21-2)17-10-18-16(12)19-11-6-4-3-5-7-11;/h3-10H,1-2H3,(H,17,18,19);1H. The van der Waals surface area contributed by atoms with Crippen LogP contribution in [-0.2, 0) is 0 Å². The van der Waals surface area contributed by atoms with Crippen LogP contribution in [0.5, 0.6) is 11.5 Å². The Bertz CT molecular complexity index is 766. The first-order valence-electron chi connectivity index (χ1n) is 6.50. The number of nitrogens with zero attached hydrogens (tertiary/aromatic N) is 2. The Morgan fingerprint density at radius 1 is 0.909 bits per heavy atom. The van der Waals surface area contributed by atoms with Crippen LogP contribution in [0.15, 0.2) is 48.8 Å². The Balaban J connectivity index is 0.00000176. The van der Waals surface area contributed by atoms with Crippen molar-refractivity contribution in [2.75, 3.05) is 19.5 Å². The topological polar surface area (TPSA) is 56.3 Å². The summed E-state index contributed by atoms with van der Waals surface area (Å²) in [4.78, 5) is 8.60. The second-order valence-electron chi connectivity index (χ2n) is 4.44. The van der Waals surface area contributed by atoms with Crippen LogP contribution >= 0.6 is 12.4 Å². The van der Waals surface area contributed by atoms with Gasteiger partial charge in [0, 0.05) is 17.1 Å². The summed E-state index contributed by atoms with van der Waals surface area (Å²) in [5, 5.41) is 4.16. The van der Waals surface area contributed by atoms with Gasteiger partial charge in [-0.2, -0.15) is 0 Å². The maximum absolute atomic E-state index is 5.34. The molecule has 0 saturated heterocycles. The van der Waals surface area contributed by atoms with Gasteiger partial charge in [0.15, 0.2) is 11.5 Å². The predicted octanol–water partition coefficient (Wildman–Crippen LogP) is 3.81. The zero-order chi connectivity index (χ0) is 14.7. The number of methoxy groups -OCH3 is 2. The summed E-state index contributed by atoms with van der Waals surface area (Å²) < 4.78 is 10.6. The zero-order valence-corrected chi connectivity index (χ0v) is 13.1. The van der Waals surface area contributed by atoms with Gasteiger partial charge in [0.1, 0.15) is 12.1 Å². The van der Waals surface area contributed by atoms with Gasteiger partial charge in [0.05, 0.1) is 19.7 Å². The first-order valence-corrected chi connectivity index (χ1v) is 6.50. The quantitative estimate of drug-likeness (QED) is 0.793. The van der Waals surface area contributed by atoms with Crippen molar-refractivity contribution in [2.45, 2.75) is 0 Å². The summed E-state index contributed by atoms with van der Waals surface area (Å²) in [6.07, 6.45) is 1.53. The van der Waals surface area contributed by atoms with Crippen LogP contribution in [0, 0.1) is 0 Å². The largest absolute Gasteiger partial charge is 0.493 e. The van der Waals surface area contributed by atoms with E-state index in [4.69, 9.17) is 9.47 Å². The number of benzene rings is 2. The fraction of sp³-hybridized carbons (Fsp3) is 0.125. The van der Waals surface area contributed by atoms with Crippen molar-refractivity contribution in [1.29, 1.82) is 0 Å². The number of halogens is 1. The highest BCUT2D eigenvalue weighted by Crippen LogP contribution is 2.34. The summed E-state index contributed by atoms with van der Waals surface area (Å²) in [6, 6.07) is 13.6. The van der Waals surface area contributed by atoms with E-state index in [9.17, 15) is 0 Å². The molecule has 0 spiro atoms. The zero-order valence-electron chi connectivity index (χ0n) is 12.2. The molecule has 0 fully saturated rings. The molecule has 0 aliphatic heterocycles. The van der Waals surface area contributed by atoms with E-state index in [0.29, 0.717) is 11.5 Å². The number of hydrogen-bond donors (Lipinski definition) is 1.